The number of benzene rings is 2. The number of tetrazole rings is 1. The topological polar surface area (TPSA) is 126 Å². The Morgan fingerprint density at radius 3 is 2.50 bits per heavy atom. The number of halogens is 2. The molecular formula is C26H32ClFN6O4. The molecule has 0 radical (unpaired) electrons. The number of rotatable bonds is 10. The van der Waals surface area contributed by atoms with Crippen LogP contribution in [-0.4, -0.2) is 56.9 Å². The number of nitrogens with one attached hydrogen (secondary N) is 2. The van der Waals surface area contributed by atoms with Crippen LogP contribution in [0.2, 0.25) is 0 Å². The second-order valence-corrected chi connectivity index (χ2v) is 9.62. The normalized spacial score (nSPS) is 12.7. The number of hydrogen-bond acceptors (Lipinski definition) is 8. The van der Waals surface area contributed by atoms with Gasteiger partial charge in [0.05, 0.1) is 25.3 Å². The summed E-state index contributed by atoms with van der Waals surface area (Å²) in [6.45, 7) is 10.5. The summed E-state index contributed by atoms with van der Waals surface area (Å²) in [4.78, 5) is 14.9. The molecule has 38 heavy (non-hydrogen) atoms. The lowest BCUT2D eigenvalue weighted by Crippen LogP contribution is -2.30. The number of nitrogens with zero attached hydrogens (tertiary/aromatic N) is 4. The number of ether oxygens (including phenoxy) is 3. The molecule has 1 aliphatic heterocycles. The minimum absolute atomic E-state index is 0. The van der Waals surface area contributed by atoms with Gasteiger partial charge in [-0.3, -0.25) is 10.2 Å². The van der Waals surface area contributed by atoms with Crippen molar-refractivity contribution in [1.82, 2.24) is 25.5 Å². The molecule has 0 bridgehead atoms. The Morgan fingerprint density at radius 2 is 1.87 bits per heavy atom. The van der Waals surface area contributed by atoms with Crippen molar-refractivity contribution < 1.29 is 23.4 Å². The molecule has 0 fully saturated rings. The number of carbonyl (C=O) groups excluding carboxylic acids is 1. The summed E-state index contributed by atoms with van der Waals surface area (Å²) in [5.41, 5.74) is 1.73. The first-order valence-corrected chi connectivity index (χ1v) is 12.1. The first-order valence-electron chi connectivity index (χ1n) is 12.1. The van der Waals surface area contributed by atoms with Crippen molar-refractivity contribution in [2.45, 2.75) is 53.2 Å². The Bertz CT molecular complexity index is 1310. The molecule has 2 N–H and O–H groups in total. The van der Waals surface area contributed by atoms with Crippen LogP contribution in [0.25, 0.3) is 0 Å². The van der Waals surface area contributed by atoms with Crippen LogP contribution in [0.4, 0.5) is 4.39 Å². The highest BCUT2D eigenvalue weighted by molar-refractivity contribution is 6.06. The van der Waals surface area contributed by atoms with E-state index in [0.29, 0.717) is 35.1 Å². The third-order valence-electron chi connectivity index (χ3n) is 5.96. The fourth-order valence-electron chi connectivity index (χ4n) is 4.22. The van der Waals surface area contributed by atoms with Crippen LogP contribution in [0.3, 0.4) is 0 Å². The molecule has 0 unspecified atom stereocenters. The van der Waals surface area contributed by atoms with Crippen molar-refractivity contribution in [2.24, 2.45) is 0 Å². The zero-order valence-electron chi connectivity index (χ0n) is 22.1. The van der Waals surface area contributed by atoms with E-state index in [1.165, 1.54) is 0 Å². The van der Waals surface area contributed by atoms with Gasteiger partial charge in [0.2, 0.25) is 5.82 Å². The highest BCUT2D eigenvalue weighted by Gasteiger charge is 2.33. The molecule has 1 aromatic heterocycles. The molecule has 1 aliphatic rings. The maximum absolute atomic E-state index is 15.3. The molecule has 2 heterocycles. The lowest BCUT2D eigenvalue weighted by atomic mass is 9.85. The van der Waals surface area contributed by atoms with Crippen molar-refractivity contribution in [1.29, 1.82) is 5.41 Å². The summed E-state index contributed by atoms with van der Waals surface area (Å²) < 4.78 is 32.3. The smallest absolute Gasteiger partial charge is 0.211 e. The van der Waals surface area contributed by atoms with E-state index in [2.05, 4.69) is 20.6 Å². The van der Waals surface area contributed by atoms with Gasteiger partial charge in [-0.2, -0.15) is 5.21 Å². The largest absolute Gasteiger partial charge is 0.490 e. The maximum atomic E-state index is 15.3. The molecule has 0 aliphatic carbocycles. The summed E-state index contributed by atoms with van der Waals surface area (Å²) in [6, 6.07) is 6.94. The molecule has 0 saturated heterocycles. The summed E-state index contributed by atoms with van der Waals surface area (Å²) >= 11 is 0. The molecule has 4 rings (SSSR count). The number of fused-ring (bicyclic) bond motifs is 1. The van der Waals surface area contributed by atoms with Crippen molar-refractivity contribution >= 4 is 24.0 Å². The molecule has 10 nitrogen and oxygen atoms in total. The van der Waals surface area contributed by atoms with Gasteiger partial charge in [0, 0.05) is 17.7 Å². The maximum Gasteiger partial charge on any atom is 0.211 e. The van der Waals surface area contributed by atoms with Gasteiger partial charge in [0.25, 0.3) is 0 Å². The number of aromatic nitrogens is 4. The van der Waals surface area contributed by atoms with Gasteiger partial charge in [0.15, 0.2) is 29.7 Å². The number of amidine groups is 1. The summed E-state index contributed by atoms with van der Waals surface area (Å²) in [6.07, 6.45) is 0. The van der Waals surface area contributed by atoms with E-state index in [1.807, 2.05) is 26.8 Å². The quantitative estimate of drug-likeness (QED) is 0.357. The second kappa shape index (κ2) is 11.8. The summed E-state index contributed by atoms with van der Waals surface area (Å²) in [7, 11) is 0. The zero-order chi connectivity index (χ0) is 26.7. The van der Waals surface area contributed by atoms with E-state index in [0.717, 1.165) is 5.56 Å². The Kier molecular flexibility index (Phi) is 8.93. The highest BCUT2D eigenvalue weighted by atomic mass is 35.5. The minimum Gasteiger partial charge on any atom is -0.490 e. The van der Waals surface area contributed by atoms with Crippen LogP contribution in [-0.2, 0) is 18.6 Å². The minimum atomic E-state index is -0.638. The van der Waals surface area contributed by atoms with E-state index in [4.69, 9.17) is 19.6 Å². The predicted octanol–water partition coefficient (Wildman–Crippen LogP) is 4.46. The van der Waals surface area contributed by atoms with Crippen LogP contribution in [0.5, 0.6) is 17.2 Å². The number of aromatic amines is 1. The Morgan fingerprint density at radius 1 is 1.13 bits per heavy atom. The van der Waals surface area contributed by atoms with E-state index < -0.39 is 5.82 Å². The Balaban J connectivity index is 0.00000400. The van der Waals surface area contributed by atoms with Crippen LogP contribution < -0.4 is 14.2 Å². The van der Waals surface area contributed by atoms with E-state index >= 15 is 4.39 Å². The number of hydrogen-bond donors (Lipinski definition) is 2. The fraction of sp³-hybridized carbons (Fsp3) is 0.423. The van der Waals surface area contributed by atoms with Gasteiger partial charge in [-0.1, -0.05) is 26.0 Å². The van der Waals surface area contributed by atoms with E-state index in [-0.39, 0.29) is 67.1 Å². The Hall–Kier alpha value is -3.73. The van der Waals surface area contributed by atoms with Gasteiger partial charge >= 0.3 is 0 Å². The van der Waals surface area contributed by atoms with Gasteiger partial charge < -0.3 is 19.1 Å². The summed E-state index contributed by atoms with van der Waals surface area (Å²) in [5, 5.41) is 22.3. The predicted molar refractivity (Wildman–Crippen MR) is 141 cm³/mol. The van der Waals surface area contributed by atoms with Crippen LogP contribution in [0, 0.1) is 11.2 Å². The first kappa shape index (κ1) is 28.8. The fourth-order valence-corrected chi connectivity index (χ4v) is 4.22. The van der Waals surface area contributed by atoms with Gasteiger partial charge in [-0.15, -0.1) is 22.6 Å². The van der Waals surface area contributed by atoms with Gasteiger partial charge in [-0.25, -0.2) is 4.39 Å². The summed E-state index contributed by atoms with van der Waals surface area (Å²) in [5.74, 6) is 0.439. The van der Waals surface area contributed by atoms with E-state index in [9.17, 15) is 4.79 Å². The third kappa shape index (κ3) is 5.88. The van der Waals surface area contributed by atoms with Crippen LogP contribution in [0.15, 0.2) is 24.3 Å². The molecule has 204 valence electrons. The van der Waals surface area contributed by atoms with Crippen LogP contribution in [0.1, 0.15) is 67.5 Å². The van der Waals surface area contributed by atoms with Crippen molar-refractivity contribution in [3.63, 3.8) is 0 Å². The number of Topliss-reactive ketones (excluding diaryl/α,β-unsaturated/α-hetero) is 1. The van der Waals surface area contributed by atoms with Crippen molar-refractivity contribution in [3.8, 4) is 17.2 Å². The molecule has 3 aromatic rings. The molecule has 12 heteroatoms. The van der Waals surface area contributed by atoms with Gasteiger partial charge in [-0.05, 0) is 49.1 Å². The molecule has 2 aromatic carbocycles. The molecule has 0 amide bonds. The standard InChI is InChI=1S/C26H31FN6O4.ClH/c1-6-35-20-11-16-12-33(25(28)22(16)23(27)24(20)36-7-2)13-18(34)15-8-9-19(17(10-15)26(3,4)5)37-14-21-29-31-32-30-21;/h8-11,28H,6-7,12-14H2,1-5H3,(H,29,30,31,32);1H. The molecular weight excluding hydrogens is 515 g/mol. The first-order chi connectivity index (χ1) is 17.6. The monoisotopic (exact) mass is 546 g/mol. The number of carbonyl (C=O) groups is 1. The molecule has 0 atom stereocenters. The van der Waals surface area contributed by atoms with Crippen LogP contribution >= 0.6 is 12.4 Å². The molecule has 0 spiro atoms. The lowest BCUT2D eigenvalue weighted by molar-refractivity contribution is 0.0962. The average Bonchev–Trinajstić information content (AvgIpc) is 3.48. The second-order valence-electron chi connectivity index (χ2n) is 9.62. The van der Waals surface area contributed by atoms with Crippen molar-refractivity contribution in [3.05, 3.63) is 58.2 Å². The van der Waals surface area contributed by atoms with Crippen molar-refractivity contribution in [2.75, 3.05) is 19.8 Å². The zero-order valence-corrected chi connectivity index (χ0v) is 22.9. The SMILES string of the molecule is CCOc1cc2c(c(F)c1OCC)C(=N)N(CC(=O)c1ccc(OCc3nn[nH]n3)c(C(C)(C)C)c1)C2.Cl. The third-order valence-corrected chi connectivity index (χ3v) is 5.96. The van der Waals surface area contributed by atoms with Gasteiger partial charge in [0.1, 0.15) is 11.6 Å². The van der Waals surface area contributed by atoms with E-state index in [1.54, 1.807) is 36.9 Å². The lowest BCUT2D eigenvalue weighted by Gasteiger charge is -2.24. The number of H-pyrrole nitrogens is 1. The average molecular weight is 547 g/mol. The highest BCUT2D eigenvalue weighted by Crippen LogP contribution is 2.39. The number of ketones is 1. The Labute approximate surface area is 226 Å². The molecule has 0 saturated carbocycles.